The maximum Gasteiger partial charge on any atom is 0.337 e. The average Bonchev–Trinajstić information content (AvgIpc) is 2.68. The van der Waals surface area contributed by atoms with Crippen molar-refractivity contribution in [2.45, 2.75) is 50.7 Å². The van der Waals surface area contributed by atoms with E-state index < -0.39 is 37.0 Å². The smallest absolute Gasteiger partial charge is 0.337 e. The quantitative estimate of drug-likeness (QED) is 0.249. The molecule has 0 saturated carbocycles. The van der Waals surface area contributed by atoms with Gasteiger partial charge in [0.25, 0.3) is 0 Å². The molecular weight excluding hydrogens is 264 g/mol. The molecule has 3 atom stereocenters. The molecule has 8 nitrogen and oxygen atoms in total. The van der Waals surface area contributed by atoms with Crippen molar-refractivity contribution in [1.82, 2.24) is 0 Å². The predicted octanol–water partition coefficient (Wildman–Crippen LogP) is -0.940. The highest BCUT2D eigenvalue weighted by molar-refractivity contribution is 5.76. The van der Waals surface area contributed by atoms with Gasteiger partial charge in [0.1, 0.15) is 6.10 Å². The molecule has 0 spiro atoms. The number of guanidine groups is 1. The molecule has 1 aliphatic heterocycles. The van der Waals surface area contributed by atoms with E-state index >= 15 is 0 Å². The van der Waals surface area contributed by atoms with Crippen LogP contribution in [-0.4, -0.2) is 49.5 Å². The minimum Gasteiger partial charge on any atom is -0.467 e. The number of carbonyl (C=O) groups is 1. The minimum atomic E-state index is -2.85. The molecular formula is C12H24N4O4. The topological polar surface area (TPSA) is 135 Å². The van der Waals surface area contributed by atoms with Crippen LogP contribution in [0.15, 0.2) is 4.99 Å². The van der Waals surface area contributed by atoms with Gasteiger partial charge < -0.3 is 31.4 Å². The number of hydrogen-bond acceptors (Lipinski definition) is 6. The van der Waals surface area contributed by atoms with Crippen LogP contribution in [0.25, 0.3) is 0 Å². The first-order chi connectivity index (χ1) is 10.4. The summed E-state index contributed by atoms with van der Waals surface area (Å²) in [6, 6.07) is -0.569. The van der Waals surface area contributed by atoms with E-state index in [-0.39, 0.29) is 5.96 Å². The summed E-state index contributed by atoms with van der Waals surface area (Å²) in [5.41, 5.74) is 16.5. The van der Waals surface area contributed by atoms with Crippen molar-refractivity contribution in [3.63, 3.8) is 0 Å². The maximum atomic E-state index is 12.0. The van der Waals surface area contributed by atoms with E-state index in [1.165, 1.54) is 0 Å². The van der Waals surface area contributed by atoms with Gasteiger partial charge in [-0.15, -0.1) is 0 Å². The molecule has 116 valence electrons. The molecule has 0 aromatic carbocycles. The summed E-state index contributed by atoms with van der Waals surface area (Å²) in [7, 11) is -2.85. The van der Waals surface area contributed by atoms with E-state index in [1.54, 1.807) is 13.8 Å². The Bertz CT molecular complexity index is 452. The largest absolute Gasteiger partial charge is 0.467 e. The van der Waals surface area contributed by atoms with Crippen LogP contribution in [0.5, 0.6) is 0 Å². The second-order valence-corrected chi connectivity index (χ2v) is 5.05. The molecule has 20 heavy (non-hydrogen) atoms. The number of ether oxygens (including phenoxy) is 3. The van der Waals surface area contributed by atoms with Gasteiger partial charge in [-0.25, -0.2) is 4.79 Å². The first-order valence-electron chi connectivity index (χ1n) is 7.81. The second kappa shape index (κ2) is 6.87. The molecule has 0 aliphatic carbocycles. The van der Waals surface area contributed by atoms with E-state index in [0.29, 0.717) is 19.4 Å². The Morgan fingerprint density at radius 2 is 2.20 bits per heavy atom. The Balaban J connectivity index is 2.68. The van der Waals surface area contributed by atoms with Gasteiger partial charge in [-0.3, -0.25) is 4.99 Å². The summed E-state index contributed by atoms with van der Waals surface area (Å²) < 4.78 is 36.5. The van der Waals surface area contributed by atoms with Gasteiger partial charge in [-0.05, 0) is 26.7 Å². The lowest BCUT2D eigenvalue weighted by Crippen LogP contribution is -2.45. The first-order valence-corrected chi connectivity index (χ1v) is 6.31. The van der Waals surface area contributed by atoms with E-state index in [4.69, 9.17) is 30.8 Å². The third kappa shape index (κ3) is 4.62. The molecule has 0 unspecified atom stereocenters. The van der Waals surface area contributed by atoms with E-state index in [9.17, 15) is 4.79 Å². The highest BCUT2D eigenvalue weighted by Crippen LogP contribution is 2.31. The van der Waals surface area contributed by atoms with Crippen LogP contribution in [0.2, 0.25) is 0 Å². The number of nitrogens with zero attached hydrogens (tertiary/aromatic N) is 1. The monoisotopic (exact) mass is 291 g/mol. The van der Waals surface area contributed by atoms with E-state index in [0.717, 1.165) is 0 Å². The van der Waals surface area contributed by atoms with Crippen LogP contribution in [0.3, 0.4) is 0 Å². The van der Waals surface area contributed by atoms with Crippen molar-refractivity contribution in [3.05, 3.63) is 0 Å². The summed E-state index contributed by atoms with van der Waals surface area (Å²) >= 11 is 0. The zero-order valence-electron chi connectivity index (χ0n) is 14.7. The Hall–Kier alpha value is -1.38. The summed E-state index contributed by atoms with van der Waals surface area (Å²) in [6.45, 7) is 3.60. The molecule has 0 aromatic heterocycles. The van der Waals surface area contributed by atoms with Crippen LogP contribution in [0.1, 0.15) is 30.8 Å². The van der Waals surface area contributed by atoms with Gasteiger partial charge in [0.2, 0.25) is 0 Å². The number of carbonyl (C=O) groups excluding carboxylic acids is 1. The Labute approximate surface area is 122 Å². The third-order valence-corrected chi connectivity index (χ3v) is 2.87. The lowest BCUT2D eigenvalue weighted by atomic mass is 10.0. The van der Waals surface area contributed by atoms with Crippen molar-refractivity contribution in [2.24, 2.45) is 22.2 Å². The molecule has 1 saturated heterocycles. The molecule has 1 aliphatic rings. The lowest BCUT2D eigenvalue weighted by molar-refractivity contribution is -0.168. The lowest BCUT2D eigenvalue weighted by Gasteiger charge is -2.22. The third-order valence-electron chi connectivity index (χ3n) is 2.87. The zero-order valence-corrected chi connectivity index (χ0v) is 11.7. The maximum absolute atomic E-state index is 12.0. The van der Waals surface area contributed by atoms with Gasteiger partial charge >= 0.3 is 5.97 Å². The SMILES string of the molecule is [2H]C([2H])([2H])OC(=O)[C@@H]1OC(C)(C)O[C@@H]1[C@@H](N)CCCN=C(N)N. The van der Waals surface area contributed by atoms with Crippen LogP contribution in [0.4, 0.5) is 0 Å². The molecule has 0 radical (unpaired) electrons. The highest BCUT2D eigenvalue weighted by atomic mass is 16.8. The number of methoxy groups -OCH3 is 1. The fourth-order valence-corrected chi connectivity index (χ4v) is 2.04. The summed E-state index contributed by atoms with van der Waals surface area (Å²) in [5, 5.41) is 0. The fourth-order valence-electron chi connectivity index (χ4n) is 2.04. The van der Waals surface area contributed by atoms with Crippen LogP contribution < -0.4 is 17.2 Å². The van der Waals surface area contributed by atoms with Crippen LogP contribution in [-0.2, 0) is 19.0 Å². The van der Waals surface area contributed by atoms with Gasteiger partial charge in [0.05, 0.1) is 11.2 Å². The Morgan fingerprint density at radius 1 is 1.50 bits per heavy atom. The molecule has 0 bridgehead atoms. The van der Waals surface area contributed by atoms with Gasteiger partial charge in [0.15, 0.2) is 17.9 Å². The molecule has 6 N–H and O–H groups in total. The summed E-state index contributed by atoms with van der Waals surface area (Å²) in [4.78, 5) is 15.8. The van der Waals surface area contributed by atoms with Gasteiger partial charge in [0, 0.05) is 12.6 Å². The fraction of sp³-hybridized carbons (Fsp3) is 0.833. The van der Waals surface area contributed by atoms with Crippen LogP contribution >= 0.6 is 0 Å². The first kappa shape index (κ1) is 12.4. The molecule has 1 rings (SSSR count). The van der Waals surface area contributed by atoms with Crippen molar-refractivity contribution in [3.8, 4) is 0 Å². The standard InChI is InChI=1S/C12H24N4O4/c1-12(2)19-8(9(20-12)10(17)18-3)7(13)5-4-6-16-11(14)15/h7-9H,4-6,13H2,1-3H3,(H4,14,15,16)/t7-,8+,9+/m0/s1/i3D3. The number of hydrogen-bond donors (Lipinski definition) is 3. The summed E-state index contributed by atoms with van der Waals surface area (Å²) in [5.74, 6) is -2.11. The van der Waals surface area contributed by atoms with E-state index in [1.807, 2.05) is 0 Å². The molecule has 1 heterocycles. The predicted molar refractivity (Wildman–Crippen MR) is 73.7 cm³/mol. The number of nitrogens with two attached hydrogens (primary N) is 3. The Kier molecular flexibility index (Phi) is 4.25. The highest BCUT2D eigenvalue weighted by Gasteiger charge is 2.48. The molecule has 1 fully saturated rings. The van der Waals surface area contributed by atoms with Crippen molar-refractivity contribution >= 4 is 11.9 Å². The second-order valence-electron chi connectivity index (χ2n) is 5.05. The molecule has 8 heteroatoms. The van der Waals surface area contributed by atoms with Crippen LogP contribution in [0, 0.1) is 0 Å². The number of rotatable bonds is 6. The van der Waals surface area contributed by atoms with Crippen molar-refractivity contribution < 1.29 is 23.1 Å². The van der Waals surface area contributed by atoms with Crippen molar-refractivity contribution in [2.75, 3.05) is 13.6 Å². The van der Waals surface area contributed by atoms with Crippen molar-refractivity contribution in [1.29, 1.82) is 0 Å². The minimum absolute atomic E-state index is 0.0146. The number of aliphatic imine (C=N–C) groups is 1. The van der Waals surface area contributed by atoms with Gasteiger partial charge in [-0.1, -0.05) is 0 Å². The number of esters is 1. The molecule has 0 aromatic rings. The average molecular weight is 291 g/mol. The zero-order chi connectivity index (χ0) is 17.8. The van der Waals surface area contributed by atoms with Gasteiger partial charge in [-0.2, -0.15) is 0 Å². The normalized spacial score (nSPS) is 28.9. The summed E-state index contributed by atoms with van der Waals surface area (Å²) in [6.07, 6.45) is -0.999. The molecule has 0 amide bonds. The Morgan fingerprint density at radius 3 is 2.80 bits per heavy atom. The van der Waals surface area contributed by atoms with E-state index in [2.05, 4.69) is 9.73 Å².